The third-order valence-corrected chi connectivity index (χ3v) is 6.94. The normalized spacial score (nSPS) is 23.1. The predicted molar refractivity (Wildman–Crippen MR) is 126 cm³/mol. The van der Waals surface area contributed by atoms with Gasteiger partial charge in [0.25, 0.3) is 0 Å². The zero-order chi connectivity index (χ0) is 23.1. The Morgan fingerprint density at radius 2 is 1.94 bits per heavy atom. The van der Waals surface area contributed by atoms with Crippen LogP contribution in [0.1, 0.15) is 24.8 Å². The van der Waals surface area contributed by atoms with E-state index in [1.807, 2.05) is 4.90 Å². The van der Waals surface area contributed by atoms with Crippen molar-refractivity contribution in [2.24, 2.45) is 5.92 Å². The Morgan fingerprint density at radius 1 is 1.12 bits per heavy atom. The zero-order valence-electron chi connectivity index (χ0n) is 18.1. The summed E-state index contributed by atoms with van der Waals surface area (Å²) in [5, 5.41) is 20.2. The van der Waals surface area contributed by atoms with Gasteiger partial charge in [-0.05, 0) is 49.7 Å². The SMILES string of the molecule is O=C(/C=C/c1ccc(Cl)c(Cl)c1)N1CCC(=O)N(CCCN2CC[C@H](CO)[C@@H](O)C2)CC1. The van der Waals surface area contributed by atoms with Crippen molar-refractivity contribution < 1.29 is 19.8 Å². The minimum atomic E-state index is -0.495. The van der Waals surface area contributed by atoms with Gasteiger partial charge in [0.2, 0.25) is 11.8 Å². The maximum atomic E-state index is 12.6. The molecule has 2 atom stereocenters. The monoisotopic (exact) mass is 483 g/mol. The molecule has 1 aromatic carbocycles. The first-order chi connectivity index (χ1) is 15.4. The fourth-order valence-electron chi connectivity index (χ4n) is 4.16. The molecule has 0 radical (unpaired) electrons. The molecular formula is C23H31Cl2N3O4. The lowest BCUT2D eigenvalue weighted by atomic mass is 9.95. The van der Waals surface area contributed by atoms with E-state index in [4.69, 9.17) is 23.2 Å². The summed E-state index contributed by atoms with van der Waals surface area (Å²) < 4.78 is 0. The molecular weight excluding hydrogens is 453 g/mol. The number of aliphatic hydroxyl groups is 2. The first kappa shape index (κ1) is 25.0. The maximum absolute atomic E-state index is 12.6. The van der Waals surface area contributed by atoms with Crippen molar-refractivity contribution in [1.29, 1.82) is 0 Å². The molecule has 2 aliphatic heterocycles. The lowest BCUT2D eigenvalue weighted by Gasteiger charge is -2.35. The van der Waals surface area contributed by atoms with Crippen LogP contribution in [-0.2, 0) is 9.59 Å². The molecule has 176 valence electrons. The van der Waals surface area contributed by atoms with Gasteiger partial charge in [0, 0.05) is 57.7 Å². The van der Waals surface area contributed by atoms with Gasteiger partial charge in [-0.2, -0.15) is 0 Å². The molecule has 3 rings (SSSR count). The van der Waals surface area contributed by atoms with Crippen LogP contribution in [0.25, 0.3) is 6.08 Å². The number of benzene rings is 1. The summed E-state index contributed by atoms with van der Waals surface area (Å²) in [7, 11) is 0. The number of hydrogen-bond donors (Lipinski definition) is 2. The van der Waals surface area contributed by atoms with Gasteiger partial charge in [-0.25, -0.2) is 0 Å². The van der Waals surface area contributed by atoms with E-state index < -0.39 is 6.10 Å². The van der Waals surface area contributed by atoms with Crippen LogP contribution in [0.3, 0.4) is 0 Å². The average Bonchev–Trinajstić information content (AvgIpc) is 2.96. The average molecular weight is 484 g/mol. The number of carbonyl (C=O) groups is 2. The number of piperidine rings is 1. The lowest BCUT2D eigenvalue weighted by molar-refractivity contribution is -0.130. The molecule has 2 saturated heterocycles. The highest BCUT2D eigenvalue weighted by molar-refractivity contribution is 6.42. The number of aliphatic hydroxyl groups excluding tert-OH is 2. The second kappa shape index (κ2) is 12.0. The number of carbonyl (C=O) groups excluding carboxylic acids is 2. The van der Waals surface area contributed by atoms with Crippen LogP contribution in [0.4, 0.5) is 0 Å². The van der Waals surface area contributed by atoms with Gasteiger partial charge in [0.1, 0.15) is 0 Å². The van der Waals surface area contributed by atoms with E-state index in [0.29, 0.717) is 49.2 Å². The lowest BCUT2D eigenvalue weighted by Crippen LogP contribution is -2.46. The molecule has 2 aliphatic rings. The molecule has 2 fully saturated rings. The molecule has 0 bridgehead atoms. The fourth-order valence-corrected chi connectivity index (χ4v) is 4.47. The highest BCUT2D eigenvalue weighted by atomic mass is 35.5. The van der Waals surface area contributed by atoms with Crippen LogP contribution in [0, 0.1) is 5.92 Å². The quantitative estimate of drug-likeness (QED) is 0.580. The van der Waals surface area contributed by atoms with Crippen LogP contribution < -0.4 is 0 Å². The minimum absolute atomic E-state index is 0.0230. The van der Waals surface area contributed by atoms with Crippen molar-refractivity contribution in [3.8, 4) is 0 Å². The molecule has 1 aromatic rings. The summed E-state index contributed by atoms with van der Waals surface area (Å²) in [5.74, 6) is -0.105. The number of amides is 2. The van der Waals surface area contributed by atoms with Crippen LogP contribution in [0.5, 0.6) is 0 Å². The summed E-state index contributed by atoms with van der Waals surface area (Å²) in [6.07, 6.45) is 4.61. The number of halogens is 2. The van der Waals surface area contributed by atoms with E-state index in [-0.39, 0.29) is 24.3 Å². The Labute approximate surface area is 199 Å². The summed E-state index contributed by atoms with van der Waals surface area (Å²) in [5.41, 5.74) is 0.786. The molecule has 2 amide bonds. The van der Waals surface area contributed by atoms with Gasteiger partial charge in [-0.1, -0.05) is 29.3 Å². The summed E-state index contributed by atoms with van der Waals surface area (Å²) >= 11 is 11.9. The van der Waals surface area contributed by atoms with E-state index in [0.717, 1.165) is 31.5 Å². The second-order valence-corrected chi connectivity index (χ2v) is 9.23. The van der Waals surface area contributed by atoms with Crippen molar-refractivity contribution in [2.75, 3.05) is 52.4 Å². The smallest absolute Gasteiger partial charge is 0.246 e. The van der Waals surface area contributed by atoms with Gasteiger partial charge in [0.05, 0.1) is 16.1 Å². The molecule has 2 N–H and O–H groups in total. The van der Waals surface area contributed by atoms with Crippen molar-refractivity contribution in [1.82, 2.24) is 14.7 Å². The number of rotatable bonds is 7. The summed E-state index contributed by atoms with van der Waals surface area (Å²) in [6.45, 7) is 4.29. The Kier molecular flexibility index (Phi) is 9.37. The van der Waals surface area contributed by atoms with E-state index in [1.165, 1.54) is 6.08 Å². The molecule has 0 aromatic heterocycles. The van der Waals surface area contributed by atoms with Gasteiger partial charge in [0.15, 0.2) is 0 Å². The highest BCUT2D eigenvalue weighted by Crippen LogP contribution is 2.23. The van der Waals surface area contributed by atoms with E-state index in [9.17, 15) is 19.8 Å². The number of nitrogens with zero attached hydrogens (tertiary/aromatic N) is 3. The third kappa shape index (κ3) is 6.93. The maximum Gasteiger partial charge on any atom is 0.246 e. The van der Waals surface area contributed by atoms with Crippen molar-refractivity contribution in [3.05, 3.63) is 39.9 Å². The summed E-state index contributed by atoms with van der Waals surface area (Å²) in [4.78, 5) is 30.8. The number of hydrogen-bond acceptors (Lipinski definition) is 5. The molecule has 0 spiro atoms. The Balaban J connectivity index is 1.44. The van der Waals surface area contributed by atoms with Crippen molar-refractivity contribution in [3.63, 3.8) is 0 Å². The number of β-amino-alcohol motifs (C(OH)–C–C–N with tert-alkyl or cyclic N) is 1. The molecule has 9 heteroatoms. The first-order valence-electron chi connectivity index (χ1n) is 11.1. The highest BCUT2D eigenvalue weighted by Gasteiger charge is 2.27. The predicted octanol–water partition coefficient (Wildman–Crippen LogP) is 2.13. The Bertz CT molecular complexity index is 835. The van der Waals surface area contributed by atoms with Crippen LogP contribution in [0.15, 0.2) is 24.3 Å². The van der Waals surface area contributed by atoms with Crippen LogP contribution in [0.2, 0.25) is 10.0 Å². The van der Waals surface area contributed by atoms with E-state index in [1.54, 1.807) is 29.2 Å². The van der Waals surface area contributed by atoms with Crippen molar-refractivity contribution >= 4 is 41.1 Å². The molecule has 0 aliphatic carbocycles. The van der Waals surface area contributed by atoms with Crippen LogP contribution in [-0.4, -0.2) is 95.3 Å². The topological polar surface area (TPSA) is 84.3 Å². The molecule has 32 heavy (non-hydrogen) atoms. The molecule has 0 unspecified atom stereocenters. The van der Waals surface area contributed by atoms with Gasteiger partial charge >= 0.3 is 0 Å². The molecule has 7 nitrogen and oxygen atoms in total. The van der Waals surface area contributed by atoms with Crippen molar-refractivity contribution in [2.45, 2.75) is 25.4 Å². The van der Waals surface area contributed by atoms with E-state index in [2.05, 4.69) is 4.90 Å². The van der Waals surface area contributed by atoms with Gasteiger partial charge < -0.3 is 24.9 Å². The first-order valence-corrected chi connectivity index (χ1v) is 11.8. The molecule has 2 heterocycles. The minimum Gasteiger partial charge on any atom is -0.396 e. The standard InChI is InChI=1S/C23H31Cl2N3O4/c24-19-4-2-17(14-20(19)25)3-5-22(31)28-11-7-23(32)27(12-13-28)9-1-8-26-10-6-18(16-29)21(30)15-26/h2-5,14,18,21,29-30H,1,6-13,15-16H2/b5-3+/t18-,21+/m1/s1. The summed E-state index contributed by atoms with van der Waals surface area (Å²) in [6, 6.07) is 5.18. The van der Waals surface area contributed by atoms with Crippen LogP contribution >= 0.6 is 23.2 Å². The van der Waals surface area contributed by atoms with Gasteiger partial charge in [-0.15, -0.1) is 0 Å². The second-order valence-electron chi connectivity index (χ2n) is 8.42. The molecule has 0 saturated carbocycles. The fraction of sp³-hybridized carbons (Fsp3) is 0.565. The number of likely N-dealkylation sites (tertiary alicyclic amines) is 1. The largest absolute Gasteiger partial charge is 0.396 e. The third-order valence-electron chi connectivity index (χ3n) is 6.20. The van der Waals surface area contributed by atoms with Gasteiger partial charge in [-0.3, -0.25) is 9.59 Å². The van der Waals surface area contributed by atoms with E-state index >= 15 is 0 Å². The zero-order valence-corrected chi connectivity index (χ0v) is 19.6. The Hall–Kier alpha value is -1.64. The Morgan fingerprint density at radius 3 is 2.66 bits per heavy atom.